The van der Waals surface area contributed by atoms with Gasteiger partial charge in [0.25, 0.3) is 11.6 Å². The van der Waals surface area contributed by atoms with Crippen LogP contribution in [0.1, 0.15) is 29.6 Å². The average Bonchev–Trinajstić information content (AvgIpc) is 2.86. The van der Waals surface area contributed by atoms with E-state index < -0.39 is 4.92 Å². The Morgan fingerprint density at radius 3 is 2.90 bits per heavy atom. The number of hydrogen-bond acceptors (Lipinski definition) is 4. The van der Waals surface area contributed by atoms with Crippen molar-refractivity contribution in [1.82, 2.24) is 5.32 Å². The van der Waals surface area contributed by atoms with Gasteiger partial charge in [0.15, 0.2) is 0 Å². The molecule has 6 nitrogen and oxygen atoms in total. The molecule has 0 bridgehead atoms. The summed E-state index contributed by atoms with van der Waals surface area (Å²) in [6, 6.07) is 4.22. The molecule has 20 heavy (non-hydrogen) atoms. The van der Waals surface area contributed by atoms with Gasteiger partial charge in [-0.25, -0.2) is 0 Å². The van der Waals surface area contributed by atoms with Gasteiger partial charge in [0, 0.05) is 30.2 Å². The molecule has 1 saturated carbocycles. The van der Waals surface area contributed by atoms with Gasteiger partial charge in [0.2, 0.25) is 0 Å². The Bertz CT molecular complexity index is 535. The second-order valence-electron chi connectivity index (χ2n) is 4.88. The van der Waals surface area contributed by atoms with E-state index >= 15 is 0 Å². The number of rotatable bonds is 4. The van der Waals surface area contributed by atoms with E-state index in [9.17, 15) is 20.0 Å². The Hall–Kier alpha value is -1.47. The van der Waals surface area contributed by atoms with Crippen LogP contribution in [-0.4, -0.2) is 28.6 Å². The Morgan fingerprint density at radius 2 is 2.25 bits per heavy atom. The van der Waals surface area contributed by atoms with Gasteiger partial charge < -0.3 is 10.4 Å². The normalized spacial score (nSPS) is 21.7. The molecule has 0 spiro atoms. The van der Waals surface area contributed by atoms with Crippen LogP contribution < -0.4 is 5.32 Å². The summed E-state index contributed by atoms with van der Waals surface area (Å²) in [4.78, 5) is 22.4. The molecular weight excluding hydrogens is 328 g/mol. The van der Waals surface area contributed by atoms with E-state index in [-0.39, 0.29) is 35.7 Å². The van der Waals surface area contributed by atoms with E-state index in [0.29, 0.717) is 4.47 Å². The van der Waals surface area contributed by atoms with Gasteiger partial charge in [0.1, 0.15) is 0 Å². The largest absolute Gasteiger partial charge is 0.396 e. The maximum atomic E-state index is 12.1. The highest BCUT2D eigenvalue weighted by molar-refractivity contribution is 9.10. The molecule has 1 amide bonds. The maximum absolute atomic E-state index is 12.1. The van der Waals surface area contributed by atoms with Gasteiger partial charge in [-0.1, -0.05) is 6.42 Å². The van der Waals surface area contributed by atoms with E-state index in [2.05, 4.69) is 21.2 Å². The quantitative estimate of drug-likeness (QED) is 0.648. The number of nitrogens with zero attached hydrogens (tertiary/aromatic N) is 1. The second-order valence-corrected chi connectivity index (χ2v) is 5.73. The smallest absolute Gasteiger partial charge is 0.284 e. The zero-order valence-electron chi connectivity index (χ0n) is 10.7. The third-order valence-electron chi connectivity index (χ3n) is 3.62. The minimum atomic E-state index is -0.535. The summed E-state index contributed by atoms with van der Waals surface area (Å²) in [6.07, 6.45) is 2.69. The fourth-order valence-electron chi connectivity index (χ4n) is 2.49. The van der Waals surface area contributed by atoms with Crippen molar-refractivity contribution in [1.29, 1.82) is 0 Å². The van der Waals surface area contributed by atoms with Crippen molar-refractivity contribution in [3.8, 4) is 0 Å². The minimum Gasteiger partial charge on any atom is -0.396 e. The molecule has 1 aromatic rings. The fraction of sp³-hybridized carbons (Fsp3) is 0.462. The number of nitro benzene ring substituents is 1. The van der Waals surface area contributed by atoms with Crippen molar-refractivity contribution in [2.24, 2.45) is 5.92 Å². The van der Waals surface area contributed by atoms with Gasteiger partial charge in [-0.05, 0) is 40.9 Å². The third kappa shape index (κ3) is 3.16. The highest BCUT2D eigenvalue weighted by atomic mass is 79.9. The Labute approximate surface area is 124 Å². The number of benzene rings is 1. The molecule has 2 unspecified atom stereocenters. The van der Waals surface area contributed by atoms with Crippen molar-refractivity contribution in [2.75, 3.05) is 6.61 Å². The van der Waals surface area contributed by atoms with Crippen molar-refractivity contribution in [3.63, 3.8) is 0 Å². The zero-order valence-corrected chi connectivity index (χ0v) is 12.3. The van der Waals surface area contributed by atoms with Crippen LogP contribution >= 0.6 is 15.9 Å². The predicted octanol–water partition coefficient (Wildman–Crippen LogP) is 2.25. The highest BCUT2D eigenvalue weighted by Crippen LogP contribution is 2.27. The summed E-state index contributed by atoms with van der Waals surface area (Å²) in [5, 5.41) is 22.9. The Kier molecular flexibility index (Phi) is 4.72. The topological polar surface area (TPSA) is 92.5 Å². The van der Waals surface area contributed by atoms with Crippen LogP contribution in [0.5, 0.6) is 0 Å². The van der Waals surface area contributed by atoms with Crippen LogP contribution in [0, 0.1) is 16.0 Å². The molecule has 0 aliphatic heterocycles. The van der Waals surface area contributed by atoms with E-state index in [1.54, 1.807) is 0 Å². The molecule has 0 heterocycles. The molecule has 1 aromatic carbocycles. The summed E-state index contributed by atoms with van der Waals surface area (Å²) in [6.45, 7) is 0.0471. The summed E-state index contributed by atoms with van der Waals surface area (Å²) in [5.74, 6) is -0.268. The SMILES string of the molecule is O=C(NC1CCCC1CO)c1ccc(Br)c([N+](=O)[O-])c1. The van der Waals surface area contributed by atoms with Crippen LogP contribution in [0.15, 0.2) is 22.7 Å². The van der Waals surface area contributed by atoms with E-state index in [1.807, 2.05) is 0 Å². The van der Waals surface area contributed by atoms with Gasteiger partial charge in [0.05, 0.1) is 9.40 Å². The zero-order chi connectivity index (χ0) is 14.7. The molecule has 7 heteroatoms. The molecule has 1 aliphatic carbocycles. The maximum Gasteiger partial charge on any atom is 0.284 e. The first-order valence-corrected chi connectivity index (χ1v) is 7.18. The molecule has 0 aromatic heterocycles. The first kappa shape index (κ1) is 14.9. The van der Waals surface area contributed by atoms with E-state index in [4.69, 9.17) is 0 Å². The lowest BCUT2D eigenvalue weighted by Crippen LogP contribution is -2.38. The fourth-order valence-corrected chi connectivity index (χ4v) is 2.88. The summed E-state index contributed by atoms with van der Waals surface area (Å²) in [7, 11) is 0. The van der Waals surface area contributed by atoms with Crippen molar-refractivity contribution in [3.05, 3.63) is 38.3 Å². The lowest BCUT2D eigenvalue weighted by atomic mass is 10.0. The standard InChI is InChI=1S/C13H15BrN2O4/c14-10-5-4-8(6-12(10)16(19)20)13(18)15-11-3-1-2-9(11)7-17/h4-6,9,11,17H,1-3,7H2,(H,15,18). The molecule has 2 rings (SSSR count). The van der Waals surface area contributed by atoms with Crippen LogP contribution in [-0.2, 0) is 0 Å². The number of aliphatic hydroxyl groups excluding tert-OH is 1. The first-order chi connectivity index (χ1) is 9.52. The number of nitro groups is 1. The van der Waals surface area contributed by atoms with Gasteiger partial charge >= 0.3 is 0 Å². The molecule has 0 radical (unpaired) electrons. The lowest BCUT2D eigenvalue weighted by Gasteiger charge is -2.19. The number of carbonyl (C=O) groups excluding carboxylic acids is 1. The molecule has 0 saturated heterocycles. The van der Waals surface area contributed by atoms with Crippen LogP contribution in [0.4, 0.5) is 5.69 Å². The minimum absolute atomic E-state index is 0.0471. The number of nitrogens with one attached hydrogen (secondary N) is 1. The molecule has 2 N–H and O–H groups in total. The van der Waals surface area contributed by atoms with Crippen molar-refractivity contribution < 1.29 is 14.8 Å². The van der Waals surface area contributed by atoms with Crippen LogP contribution in [0.3, 0.4) is 0 Å². The highest BCUT2D eigenvalue weighted by Gasteiger charge is 2.28. The average molecular weight is 343 g/mol. The number of halogens is 1. The van der Waals surface area contributed by atoms with Crippen molar-refractivity contribution >= 4 is 27.5 Å². The van der Waals surface area contributed by atoms with Gasteiger partial charge in [-0.3, -0.25) is 14.9 Å². The second kappa shape index (κ2) is 6.32. The van der Waals surface area contributed by atoms with Gasteiger partial charge in [-0.15, -0.1) is 0 Å². The lowest BCUT2D eigenvalue weighted by molar-refractivity contribution is -0.385. The molecule has 1 fully saturated rings. The predicted molar refractivity (Wildman–Crippen MR) is 76.5 cm³/mol. The molecular formula is C13H15BrN2O4. The van der Waals surface area contributed by atoms with Crippen LogP contribution in [0.25, 0.3) is 0 Å². The molecule has 108 valence electrons. The van der Waals surface area contributed by atoms with E-state index in [1.165, 1.54) is 18.2 Å². The van der Waals surface area contributed by atoms with Gasteiger partial charge in [-0.2, -0.15) is 0 Å². The third-order valence-corrected chi connectivity index (χ3v) is 4.29. The van der Waals surface area contributed by atoms with Crippen LogP contribution in [0.2, 0.25) is 0 Å². The first-order valence-electron chi connectivity index (χ1n) is 6.38. The molecule has 2 atom stereocenters. The summed E-state index contributed by atoms with van der Waals surface area (Å²) >= 11 is 3.08. The number of hydrogen-bond donors (Lipinski definition) is 2. The monoisotopic (exact) mass is 342 g/mol. The summed E-state index contributed by atoms with van der Waals surface area (Å²) < 4.78 is 0.341. The number of amides is 1. The van der Waals surface area contributed by atoms with Crippen molar-refractivity contribution in [2.45, 2.75) is 25.3 Å². The molecule has 1 aliphatic rings. The Morgan fingerprint density at radius 1 is 1.50 bits per heavy atom. The Balaban J connectivity index is 2.13. The number of carbonyl (C=O) groups is 1. The summed E-state index contributed by atoms with van der Waals surface area (Å²) in [5.41, 5.74) is 0.117. The van der Waals surface area contributed by atoms with E-state index in [0.717, 1.165) is 19.3 Å². The number of aliphatic hydroxyl groups is 1.